The van der Waals surface area contributed by atoms with Gasteiger partial charge < -0.3 is 4.57 Å². The Morgan fingerprint density at radius 3 is 2.62 bits per heavy atom. The van der Waals surface area contributed by atoms with Gasteiger partial charge >= 0.3 is 0 Å². The number of thioether (sulfide) groups is 1. The Labute approximate surface area is 156 Å². The van der Waals surface area contributed by atoms with Crippen LogP contribution in [0.5, 0.6) is 0 Å². The Morgan fingerprint density at radius 2 is 1.92 bits per heavy atom. The second-order valence-electron chi connectivity index (χ2n) is 6.84. The van der Waals surface area contributed by atoms with E-state index in [1.54, 1.807) is 18.8 Å². The molecule has 0 fully saturated rings. The molecule has 1 N–H and O–H groups in total. The van der Waals surface area contributed by atoms with E-state index in [-0.39, 0.29) is 16.6 Å². The molecule has 0 unspecified atom stereocenters. The summed E-state index contributed by atoms with van der Waals surface area (Å²) in [6, 6.07) is 10.3. The molecule has 0 amide bonds. The zero-order valence-corrected chi connectivity index (χ0v) is 16.2. The summed E-state index contributed by atoms with van der Waals surface area (Å²) in [5.41, 5.74) is 1.35. The number of hydrogen-bond acceptors (Lipinski definition) is 4. The van der Waals surface area contributed by atoms with E-state index in [4.69, 9.17) is 0 Å². The van der Waals surface area contributed by atoms with Crippen molar-refractivity contribution >= 4 is 22.8 Å². The van der Waals surface area contributed by atoms with Gasteiger partial charge in [-0.1, -0.05) is 55.9 Å². The number of aromatic nitrogens is 4. The molecule has 1 aromatic carbocycles. The molecule has 138 valence electrons. The number of hydrogen-bond donors (Lipinski definition) is 1. The van der Waals surface area contributed by atoms with Gasteiger partial charge in [-0.05, 0) is 24.3 Å². The lowest BCUT2D eigenvalue weighted by Gasteiger charge is -2.10. The van der Waals surface area contributed by atoms with E-state index in [0.29, 0.717) is 18.0 Å². The van der Waals surface area contributed by atoms with Crippen LogP contribution in [-0.4, -0.2) is 25.1 Å². The number of H-pyrrole nitrogens is 1. The molecule has 0 atom stereocenters. The standard InChI is InChI=1S/C19H24N4O2S/c1-13(2)12-26-19-20-15-16(17(24)21-22(3)18(15)25)23(19)11-7-10-14-8-5-4-6-9-14/h4-6,8-9,13H,7,10-12H2,1-3H3,(H,21,24). The summed E-state index contributed by atoms with van der Waals surface area (Å²) in [5.74, 6) is 1.39. The molecule has 2 heterocycles. The van der Waals surface area contributed by atoms with Crippen molar-refractivity contribution in [2.45, 2.75) is 38.4 Å². The van der Waals surface area contributed by atoms with Crippen LogP contribution in [0.25, 0.3) is 11.0 Å². The molecule has 6 nitrogen and oxygen atoms in total. The SMILES string of the molecule is CC(C)CSc1nc2c(=O)n(C)[nH]c(=O)c2n1CCCc1ccccc1. The zero-order valence-electron chi connectivity index (χ0n) is 15.4. The van der Waals surface area contributed by atoms with Crippen LogP contribution in [0.15, 0.2) is 45.1 Å². The quantitative estimate of drug-likeness (QED) is 0.647. The lowest BCUT2D eigenvalue weighted by atomic mass is 10.1. The Kier molecular flexibility index (Phi) is 5.66. The van der Waals surface area contributed by atoms with Crippen molar-refractivity contribution < 1.29 is 0 Å². The molecule has 0 saturated heterocycles. The highest BCUT2D eigenvalue weighted by Crippen LogP contribution is 2.23. The summed E-state index contributed by atoms with van der Waals surface area (Å²) in [6.07, 6.45) is 1.79. The maximum absolute atomic E-state index is 12.5. The second kappa shape index (κ2) is 7.95. The number of rotatable bonds is 7. The highest BCUT2D eigenvalue weighted by molar-refractivity contribution is 7.99. The van der Waals surface area contributed by atoms with Gasteiger partial charge in [0.05, 0.1) is 0 Å². The molecule has 0 radical (unpaired) electrons. The van der Waals surface area contributed by atoms with Gasteiger partial charge in [0, 0.05) is 19.3 Å². The van der Waals surface area contributed by atoms with Crippen molar-refractivity contribution in [3.05, 3.63) is 56.6 Å². The number of imidazole rings is 1. The summed E-state index contributed by atoms with van der Waals surface area (Å²) in [4.78, 5) is 29.4. The van der Waals surface area contributed by atoms with Gasteiger partial charge in [0.15, 0.2) is 10.7 Å². The van der Waals surface area contributed by atoms with Gasteiger partial charge in [-0.3, -0.25) is 19.4 Å². The number of fused-ring (bicyclic) bond motifs is 1. The molecule has 2 aromatic heterocycles. The van der Waals surface area contributed by atoms with E-state index in [2.05, 4.69) is 36.1 Å². The first kappa shape index (κ1) is 18.5. The van der Waals surface area contributed by atoms with E-state index in [1.807, 2.05) is 22.8 Å². The fourth-order valence-electron chi connectivity index (χ4n) is 2.87. The van der Waals surface area contributed by atoms with Gasteiger partial charge in [0.1, 0.15) is 5.52 Å². The number of aryl methyl sites for hydroxylation is 3. The molecule has 7 heteroatoms. The maximum atomic E-state index is 12.5. The molecule has 0 aliphatic rings. The maximum Gasteiger partial charge on any atom is 0.293 e. The van der Waals surface area contributed by atoms with Crippen LogP contribution in [-0.2, 0) is 20.0 Å². The highest BCUT2D eigenvalue weighted by Gasteiger charge is 2.18. The Bertz CT molecular complexity index is 1000. The summed E-state index contributed by atoms with van der Waals surface area (Å²) >= 11 is 1.60. The Morgan fingerprint density at radius 1 is 1.19 bits per heavy atom. The fraction of sp³-hybridized carbons (Fsp3) is 0.421. The van der Waals surface area contributed by atoms with Crippen LogP contribution >= 0.6 is 11.8 Å². The third-order valence-electron chi connectivity index (χ3n) is 4.16. The number of aromatic amines is 1. The van der Waals surface area contributed by atoms with E-state index in [1.165, 1.54) is 10.2 Å². The molecule has 26 heavy (non-hydrogen) atoms. The van der Waals surface area contributed by atoms with Crippen LogP contribution < -0.4 is 11.1 Å². The third kappa shape index (κ3) is 3.93. The van der Waals surface area contributed by atoms with Crippen LogP contribution in [0.2, 0.25) is 0 Å². The van der Waals surface area contributed by atoms with E-state index >= 15 is 0 Å². The summed E-state index contributed by atoms with van der Waals surface area (Å²) in [7, 11) is 1.54. The lowest BCUT2D eigenvalue weighted by molar-refractivity contribution is 0.605. The van der Waals surface area contributed by atoms with Crippen LogP contribution in [0.1, 0.15) is 25.8 Å². The van der Waals surface area contributed by atoms with Gasteiger partial charge in [-0.2, -0.15) is 0 Å². The zero-order chi connectivity index (χ0) is 18.7. The molecular formula is C19H24N4O2S. The molecule has 0 bridgehead atoms. The Balaban J connectivity index is 1.94. The molecule has 3 aromatic rings. The normalized spacial score (nSPS) is 11.5. The second-order valence-corrected chi connectivity index (χ2v) is 7.83. The largest absolute Gasteiger partial charge is 0.314 e. The van der Waals surface area contributed by atoms with E-state index in [0.717, 1.165) is 23.8 Å². The predicted octanol–water partition coefficient (Wildman–Crippen LogP) is 2.80. The minimum absolute atomic E-state index is 0.252. The van der Waals surface area contributed by atoms with Gasteiger partial charge in [-0.15, -0.1) is 0 Å². The molecule has 0 saturated carbocycles. The first-order valence-electron chi connectivity index (χ1n) is 8.83. The van der Waals surface area contributed by atoms with Crippen molar-refractivity contribution in [3.8, 4) is 0 Å². The minimum Gasteiger partial charge on any atom is -0.314 e. The lowest BCUT2D eigenvalue weighted by Crippen LogP contribution is -2.28. The Hall–Kier alpha value is -2.28. The van der Waals surface area contributed by atoms with Crippen molar-refractivity contribution in [3.63, 3.8) is 0 Å². The number of nitrogens with one attached hydrogen (secondary N) is 1. The van der Waals surface area contributed by atoms with E-state index < -0.39 is 0 Å². The molecule has 0 spiro atoms. The third-order valence-corrected chi connectivity index (χ3v) is 5.56. The fourth-order valence-corrected chi connectivity index (χ4v) is 3.85. The average molecular weight is 372 g/mol. The van der Waals surface area contributed by atoms with Crippen molar-refractivity contribution in [1.29, 1.82) is 0 Å². The van der Waals surface area contributed by atoms with Crippen molar-refractivity contribution in [2.75, 3.05) is 5.75 Å². The molecular weight excluding hydrogens is 348 g/mol. The minimum atomic E-state index is -0.272. The van der Waals surface area contributed by atoms with Gasteiger partial charge in [0.2, 0.25) is 0 Å². The van der Waals surface area contributed by atoms with Gasteiger partial charge in [0.25, 0.3) is 11.1 Å². The number of benzene rings is 1. The molecule has 0 aliphatic carbocycles. The van der Waals surface area contributed by atoms with E-state index in [9.17, 15) is 9.59 Å². The summed E-state index contributed by atoms with van der Waals surface area (Å²) < 4.78 is 3.11. The van der Waals surface area contributed by atoms with Crippen LogP contribution in [0.3, 0.4) is 0 Å². The first-order chi connectivity index (χ1) is 12.5. The van der Waals surface area contributed by atoms with Crippen LogP contribution in [0, 0.1) is 5.92 Å². The summed E-state index contributed by atoms with van der Waals surface area (Å²) in [6.45, 7) is 4.94. The topological polar surface area (TPSA) is 72.7 Å². The monoisotopic (exact) mass is 372 g/mol. The molecule has 0 aliphatic heterocycles. The first-order valence-corrected chi connectivity index (χ1v) is 9.82. The van der Waals surface area contributed by atoms with Crippen molar-refractivity contribution in [1.82, 2.24) is 19.3 Å². The smallest absolute Gasteiger partial charge is 0.293 e. The van der Waals surface area contributed by atoms with Gasteiger partial charge in [-0.25, -0.2) is 4.98 Å². The van der Waals surface area contributed by atoms with Crippen molar-refractivity contribution in [2.24, 2.45) is 13.0 Å². The number of nitrogens with zero attached hydrogens (tertiary/aromatic N) is 3. The summed E-state index contributed by atoms with van der Waals surface area (Å²) in [5, 5.41) is 3.33. The average Bonchev–Trinajstić information content (AvgIpc) is 2.98. The predicted molar refractivity (Wildman–Crippen MR) is 106 cm³/mol. The molecule has 3 rings (SSSR count). The highest BCUT2D eigenvalue weighted by atomic mass is 32.2. The van der Waals surface area contributed by atoms with Crippen LogP contribution in [0.4, 0.5) is 0 Å².